The van der Waals surface area contributed by atoms with Crippen molar-refractivity contribution in [2.75, 3.05) is 0 Å². The van der Waals surface area contributed by atoms with Crippen molar-refractivity contribution in [2.24, 2.45) is 0 Å². The normalized spacial score (nSPS) is 24.8. The van der Waals surface area contributed by atoms with E-state index in [0.717, 1.165) is 36.9 Å². The van der Waals surface area contributed by atoms with E-state index >= 15 is 0 Å². The van der Waals surface area contributed by atoms with Gasteiger partial charge in [-0.15, -0.1) is 0 Å². The number of hydrogen-bond acceptors (Lipinski definition) is 2. The number of piperidine rings is 1. The second kappa shape index (κ2) is 6.16. The van der Waals surface area contributed by atoms with Crippen molar-refractivity contribution in [3.8, 4) is 5.69 Å². The van der Waals surface area contributed by atoms with Crippen LogP contribution in [0.5, 0.6) is 0 Å². The summed E-state index contributed by atoms with van der Waals surface area (Å²) in [6.07, 6.45) is 12.1. The molecule has 0 spiro atoms. The molecule has 2 aromatic heterocycles. The Labute approximate surface area is 152 Å². The Morgan fingerprint density at radius 3 is 2.19 bits per heavy atom. The third kappa shape index (κ3) is 2.55. The van der Waals surface area contributed by atoms with Gasteiger partial charge in [0, 0.05) is 48.1 Å². The maximum atomic E-state index is 13.1. The number of nitrogens with zero attached hydrogens (tertiary/aromatic N) is 4. The van der Waals surface area contributed by atoms with Gasteiger partial charge in [0.15, 0.2) is 0 Å². The molecule has 132 valence electrons. The van der Waals surface area contributed by atoms with Crippen LogP contribution in [-0.4, -0.2) is 37.2 Å². The Bertz CT molecular complexity index is 869. The summed E-state index contributed by atoms with van der Waals surface area (Å²) in [4.78, 5) is 15.3. The maximum Gasteiger partial charge on any atom is 0.254 e. The Morgan fingerprint density at radius 2 is 1.58 bits per heavy atom. The van der Waals surface area contributed by atoms with Crippen LogP contribution in [0.3, 0.4) is 0 Å². The zero-order valence-electron chi connectivity index (χ0n) is 14.6. The minimum atomic E-state index is 0.176. The molecular formula is C21H22N4O. The van der Waals surface area contributed by atoms with Gasteiger partial charge in [-0.25, -0.2) is 0 Å². The molecule has 1 aromatic carbocycles. The highest BCUT2D eigenvalue weighted by atomic mass is 16.2. The molecule has 26 heavy (non-hydrogen) atoms. The number of hydrogen-bond donors (Lipinski definition) is 0. The Kier molecular flexibility index (Phi) is 3.66. The molecule has 2 unspecified atom stereocenters. The summed E-state index contributed by atoms with van der Waals surface area (Å²) in [5, 5.41) is 4.41. The first-order valence-corrected chi connectivity index (χ1v) is 9.35. The van der Waals surface area contributed by atoms with Crippen molar-refractivity contribution in [3.63, 3.8) is 0 Å². The summed E-state index contributed by atoms with van der Waals surface area (Å²) in [6.45, 7) is 0. The Morgan fingerprint density at radius 1 is 0.885 bits per heavy atom. The van der Waals surface area contributed by atoms with Crippen LogP contribution < -0.4 is 0 Å². The number of aromatic nitrogens is 3. The van der Waals surface area contributed by atoms with Crippen molar-refractivity contribution in [2.45, 2.75) is 43.8 Å². The predicted octanol–water partition coefficient (Wildman–Crippen LogP) is 3.68. The third-order valence-electron chi connectivity index (χ3n) is 5.86. The molecule has 0 N–H and O–H groups in total. The van der Waals surface area contributed by atoms with Crippen molar-refractivity contribution < 1.29 is 4.79 Å². The van der Waals surface area contributed by atoms with Gasteiger partial charge in [-0.05, 0) is 68.1 Å². The Balaban J connectivity index is 1.35. The standard InChI is InChI=1S/C21H22N4O/c26-21(16-4-6-17(7-5-16)23-11-1-2-12-23)25-18-8-9-19(25)15-20(14-18)24-13-3-10-22-24/h1-7,10-13,18-20H,8-9,14-15H2. The van der Waals surface area contributed by atoms with E-state index in [1.165, 1.54) is 0 Å². The van der Waals surface area contributed by atoms with Gasteiger partial charge in [-0.1, -0.05) is 0 Å². The summed E-state index contributed by atoms with van der Waals surface area (Å²) in [7, 11) is 0. The van der Waals surface area contributed by atoms with Gasteiger partial charge in [-0.3, -0.25) is 9.48 Å². The lowest BCUT2D eigenvalue weighted by Crippen LogP contribution is -2.47. The molecular weight excluding hydrogens is 324 g/mol. The number of amides is 1. The van der Waals surface area contributed by atoms with Crippen molar-refractivity contribution >= 4 is 5.91 Å². The van der Waals surface area contributed by atoms with Gasteiger partial charge in [0.25, 0.3) is 5.91 Å². The highest BCUT2D eigenvalue weighted by Crippen LogP contribution is 2.41. The molecule has 0 saturated carbocycles. The molecule has 2 aliphatic rings. The second-order valence-corrected chi connectivity index (χ2v) is 7.35. The minimum absolute atomic E-state index is 0.176. The molecule has 5 heteroatoms. The van der Waals surface area contributed by atoms with Gasteiger partial charge in [0.05, 0.1) is 6.04 Å². The lowest BCUT2D eigenvalue weighted by atomic mass is 9.96. The zero-order chi connectivity index (χ0) is 17.5. The molecule has 0 radical (unpaired) electrons. The van der Waals surface area contributed by atoms with Gasteiger partial charge < -0.3 is 9.47 Å². The van der Waals surface area contributed by atoms with Crippen molar-refractivity contribution in [3.05, 3.63) is 72.8 Å². The monoisotopic (exact) mass is 346 g/mol. The first kappa shape index (κ1) is 15.4. The fourth-order valence-electron chi connectivity index (χ4n) is 4.62. The van der Waals surface area contributed by atoms with Crippen LogP contribution in [-0.2, 0) is 0 Å². The fraction of sp³-hybridized carbons (Fsp3) is 0.333. The van der Waals surface area contributed by atoms with E-state index in [1.54, 1.807) is 0 Å². The minimum Gasteiger partial charge on any atom is -0.333 e. The number of benzene rings is 1. The quantitative estimate of drug-likeness (QED) is 0.726. The molecule has 0 aliphatic carbocycles. The van der Waals surface area contributed by atoms with Crippen LogP contribution in [0.1, 0.15) is 42.1 Å². The van der Waals surface area contributed by atoms with Crippen LogP contribution in [0.4, 0.5) is 0 Å². The highest BCUT2D eigenvalue weighted by Gasteiger charge is 2.44. The van der Waals surface area contributed by atoms with Gasteiger partial charge >= 0.3 is 0 Å². The SMILES string of the molecule is O=C(c1ccc(-n2cccc2)cc1)N1C2CCC1CC(n1cccn1)C2. The molecule has 5 rings (SSSR count). The van der Waals surface area contributed by atoms with Crippen molar-refractivity contribution in [1.82, 2.24) is 19.2 Å². The van der Waals surface area contributed by atoms with E-state index in [-0.39, 0.29) is 5.91 Å². The molecule has 5 nitrogen and oxygen atoms in total. The van der Waals surface area contributed by atoms with Crippen LogP contribution in [0.25, 0.3) is 5.69 Å². The number of carbonyl (C=O) groups excluding carboxylic acids is 1. The van der Waals surface area contributed by atoms with Crippen LogP contribution in [0, 0.1) is 0 Å². The molecule has 2 atom stereocenters. The molecule has 4 heterocycles. The van der Waals surface area contributed by atoms with E-state index in [2.05, 4.69) is 14.7 Å². The topological polar surface area (TPSA) is 43.1 Å². The lowest BCUT2D eigenvalue weighted by molar-refractivity contribution is 0.0524. The van der Waals surface area contributed by atoms with Crippen LogP contribution in [0.2, 0.25) is 0 Å². The maximum absolute atomic E-state index is 13.1. The highest BCUT2D eigenvalue weighted by molar-refractivity contribution is 5.95. The van der Waals surface area contributed by atoms with Crippen molar-refractivity contribution in [1.29, 1.82) is 0 Å². The fourth-order valence-corrected chi connectivity index (χ4v) is 4.62. The predicted molar refractivity (Wildman–Crippen MR) is 99.2 cm³/mol. The summed E-state index contributed by atoms with van der Waals surface area (Å²) in [5.41, 5.74) is 1.86. The summed E-state index contributed by atoms with van der Waals surface area (Å²) >= 11 is 0. The van der Waals surface area contributed by atoms with Gasteiger partial charge in [0.1, 0.15) is 0 Å². The largest absolute Gasteiger partial charge is 0.333 e. The smallest absolute Gasteiger partial charge is 0.254 e. The molecule has 2 aliphatic heterocycles. The van der Waals surface area contributed by atoms with Gasteiger partial charge in [-0.2, -0.15) is 5.10 Å². The summed E-state index contributed by atoms with van der Waals surface area (Å²) in [6, 6.07) is 15.0. The van der Waals surface area contributed by atoms with Crippen LogP contribution >= 0.6 is 0 Å². The third-order valence-corrected chi connectivity index (χ3v) is 5.86. The average molecular weight is 346 g/mol. The van der Waals surface area contributed by atoms with Crippen LogP contribution in [0.15, 0.2) is 67.3 Å². The van der Waals surface area contributed by atoms with E-state index in [1.807, 2.05) is 71.8 Å². The summed E-state index contributed by atoms with van der Waals surface area (Å²) < 4.78 is 4.12. The van der Waals surface area contributed by atoms with E-state index in [9.17, 15) is 4.79 Å². The molecule has 3 aromatic rings. The van der Waals surface area contributed by atoms with E-state index in [0.29, 0.717) is 18.1 Å². The number of carbonyl (C=O) groups is 1. The first-order chi connectivity index (χ1) is 12.8. The Hall–Kier alpha value is -2.82. The lowest BCUT2D eigenvalue weighted by Gasteiger charge is -2.39. The second-order valence-electron chi connectivity index (χ2n) is 7.35. The molecule has 1 amide bonds. The summed E-state index contributed by atoms with van der Waals surface area (Å²) in [5.74, 6) is 0.176. The molecule has 2 bridgehead atoms. The number of rotatable bonds is 3. The van der Waals surface area contributed by atoms with Gasteiger partial charge in [0.2, 0.25) is 0 Å². The van der Waals surface area contributed by atoms with E-state index < -0.39 is 0 Å². The molecule has 2 saturated heterocycles. The number of fused-ring (bicyclic) bond motifs is 2. The zero-order valence-corrected chi connectivity index (χ0v) is 14.6. The first-order valence-electron chi connectivity index (χ1n) is 9.35. The average Bonchev–Trinajstić information content (AvgIpc) is 3.42. The molecule has 2 fully saturated rings. The van der Waals surface area contributed by atoms with E-state index in [4.69, 9.17) is 0 Å².